The monoisotopic (exact) mass is 220 g/mol. The Balaban J connectivity index is 2.05. The largest absolute Gasteiger partial charge is 0.493 e. The van der Waals surface area contributed by atoms with Crippen LogP contribution in [0.25, 0.3) is 0 Å². The molecule has 0 spiro atoms. The van der Waals surface area contributed by atoms with Gasteiger partial charge in [-0.3, -0.25) is 0 Å². The molecule has 0 N–H and O–H groups in total. The average molecular weight is 220 g/mol. The first-order valence-electron chi connectivity index (χ1n) is 5.52. The fourth-order valence-corrected chi connectivity index (χ4v) is 1.56. The van der Waals surface area contributed by atoms with Crippen LogP contribution in [0.15, 0.2) is 18.2 Å². The van der Waals surface area contributed by atoms with Gasteiger partial charge in [0.05, 0.1) is 19.3 Å². The van der Waals surface area contributed by atoms with Gasteiger partial charge in [-0.1, -0.05) is 0 Å². The van der Waals surface area contributed by atoms with Crippen LogP contribution in [0, 0.1) is 12.8 Å². The molecule has 1 aromatic rings. The minimum Gasteiger partial charge on any atom is -0.493 e. The van der Waals surface area contributed by atoms with Crippen molar-refractivity contribution in [3.8, 4) is 5.75 Å². The van der Waals surface area contributed by atoms with Crippen molar-refractivity contribution in [1.82, 2.24) is 0 Å². The summed E-state index contributed by atoms with van der Waals surface area (Å²) < 4.78 is 10.3. The van der Waals surface area contributed by atoms with Gasteiger partial charge in [-0.15, -0.1) is 0 Å². The van der Waals surface area contributed by atoms with Crippen LogP contribution in [0.5, 0.6) is 5.75 Å². The highest BCUT2D eigenvalue weighted by atomic mass is 16.5. The molecule has 1 aliphatic rings. The van der Waals surface area contributed by atoms with Crippen LogP contribution in [0.2, 0.25) is 0 Å². The molecule has 0 heterocycles. The molecule has 1 aromatic carbocycles. The van der Waals surface area contributed by atoms with Gasteiger partial charge in [0.2, 0.25) is 0 Å². The Morgan fingerprint density at radius 3 is 2.75 bits per heavy atom. The first-order chi connectivity index (χ1) is 7.70. The molecule has 86 valence electrons. The van der Waals surface area contributed by atoms with E-state index in [1.807, 2.05) is 19.1 Å². The molecule has 1 aliphatic carbocycles. The van der Waals surface area contributed by atoms with E-state index in [1.54, 1.807) is 6.07 Å². The molecule has 1 saturated carbocycles. The molecule has 0 aromatic heterocycles. The second-order valence-electron chi connectivity index (χ2n) is 4.22. The maximum atomic E-state index is 11.4. The van der Waals surface area contributed by atoms with Gasteiger partial charge < -0.3 is 9.47 Å². The number of esters is 1. The van der Waals surface area contributed by atoms with E-state index in [4.69, 9.17) is 4.74 Å². The molecule has 0 aliphatic heterocycles. The Kier molecular flexibility index (Phi) is 3.13. The normalized spacial score (nSPS) is 14.6. The molecule has 16 heavy (non-hydrogen) atoms. The van der Waals surface area contributed by atoms with E-state index in [1.165, 1.54) is 20.0 Å². The van der Waals surface area contributed by atoms with Crippen molar-refractivity contribution in [2.75, 3.05) is 13.7 Å². The van der Waals surface area contributed by atoms with E-state index in [0.717, 1.165) is 23.8 Å². The molecule has 0 bridgehead atoms. The lowest BCUT2D eigenvalue weighted by Gasteiger charge is -2.08. The van der Waals surface area contributed by atoms with Crippen LogP contribution < -0.4 is 4.74 Å². The Labute approximate surface area is 95.4 Å². The van der Waals surface area contributed by atoms with Crippen molar-refractivity contribution in [1.29, 1.82) is 0 Å². The van der Waals surface area contributed by atoms with Crippen molar-refractivity contribution >= 4 is 5.97 Å². The maximum absolute atomic E-state index is 11.4. The number of ether oxygens (including phenoxy) is 2. The average Bonchev–Trinajstić information content (AvgIpc) is 3.09. The first kappa shape index (κ1) is 11.0. The number of benzene rings is 1. The molecule has 0 saturated heterocycles. The van der Waals surface area contributed by atoms with Crippen LogP contribution >= 0.6 is 0 Å². The summed E-state index contributed by atoms with van der Waals surface area (Å²) in [7, 11) is 1.39. The highest BCUT2D eigenvalue weighted by Gasteiger charge is 2.22. The zero-order valence-electron chi connectivity index (χ0n) is 9.66. The lowest BCUT2D eigenvalue weighted by Crippen LogP contribution is -2.05. The van der Waals surface area contributed by atoms with E-state index in [9.17, 15) is 4.79 Å². The van der Waals surface area contributed by atoms with Crippen LogP contribution in [-0.4, -0.2) is 19.7 Å². The van der Waals surface area contributed by atoms with E-state index >= 15 is 0 Å². The summed E-state index contributed by atoms with van der Waals surface area (Å²) in [5.74, 6) is 1.27. The molecule has 2 rings (SSSR count). The molecule has 0 radical (unpaired) electrons. The Morgan fingerprint density at radius 2 is 2.19 bits per heavy atom. The summed E-state index contributed by atoms with van der Waals surface area (Å²) in [5.41, 5.74) is 1.49. The third-order valence-corrected chi connectivity index (χ3v) is 2.79. The fraction of sp³-hybridized carbons (Fsp3) is 0.462. The Hall–Kier alpha value is -1.51. The third-order valence-electron chi connectivity index (χ3n) is 2.79. The lowest BCUT2D eigenvalue weighted by molar-refractivity contribution is 0.0600. The number of hydrogen-bond donors (Lipinski definition) is 0. The third kappa shape index (κ3) is 2.54. The Bertz CT molecular complexity index is 394. The number of rotatable bonds is 4. The smallest absolute Gasteiger partial charge is 0.338 e. The van der Waals surface area contributed by atoms with Gasteiger partial charge in [0, 0.05) is 0 Å². The summed E-state index contributed by atoms with van der Waals surface area (Å²) in [6.07, 6.45) is 2.55. The topological polar surface area (TPSA) is 35.5 Å². The van der Waals surface area contributed by atoms with Gasteiger partial charge in [-0.2, -0.15) is 0 Å². The number of methoxy groups -OCH3 is 1. The molecule has 1 fully saturated rings. The molecular formula is C13H16O3. The molecule has 0 amide bonds. The van der Waals surface area contributed by atoms with Crippen LogP contribution in [-0.2, 0) is 4.74 Å². The quantitative estimate of drug-likeness (QED) is 0.731. The lowest BCUT2D eigenvalue weighted by atomic mass is 10.1. The van der Waals surface area contributed by atoms with E-state index in [-0.39, 0.29) is 5.97 Å². The van der Waals surface area contributed by atoms with Gasteiger partial charge >= 0.3 is 5.97 Å². The van der Waals surface area contributed by atoms with E-state index in [2.05, 4.69) is 4.74 Å². The van der Waals surface area contributed by atoms with Crippen molar-refractivity contribution in [2.45, 2.75) is 19.8 Å². The minimum absolute atomic E-state index is 0.300. The second kappa shape index (κ2) is 4.56. The van der Waals surface area contributed by atoms with Crippen LogP contribution in [0.4, 0.5) is 0 Å². The molecule has 0 unspecified atom stereocenters. The van der Waals surface area contributed by atoms with E-state index in [0.29, 0.717) is 5.56 Å². The van der Waals surface area contributed by atoms with Gasteiger partial charge in [-0.25, -0.2) is 4.79 Å². The molecule has 3 heteroatoms. The zero-order valence-corrected chi connectivity index (χ0v) is 9.66. The summed E-state index contributed by atoms with van der Waals surface area (Å²) in [6.45, 7) is 2.67. The molecule has 0 atom stereocenters. The fourth-order valence-electron chi connectivity index (χ4n) is 1.56. The van der Waals surface area contributed by atoms with E-state index < -0.39 is 0 Å². The summed E-state index contributed by atoms with van der Waals surface area (Å²) >= 11 is 0. The number of carbonyl (C=O) groups excluding carboxylic acids is 1. The number of carbonyl (C=O) groups is 1. The summed E-state index contributed by atoms with van der Waals surface area (Å²) in [6, 6.07) is 5.46. The number of aryl methyl sites for hydroxylation is 1. The summed E-state index contributed by atoms with van der Waals surface area (Å²) in [5, 5.41) is 0. The highest BCUT2D eigenvalue weighted by molar-refractivity contribution is 5.91. The predicted molar refractivity (Wildman–Crippen MR) is 60.7 cm³/mol. The minimum atomic E-state index is -0.300. The van der Waals surface area contributed by atoms with Gasteiger partial charge in [0.25, 0.3) is 0 Å². The first-order valence-corrected chi connectivity index (χ1v) is 5.52. The number of hydrogen-bond acceptors (Lipinski definition) is 3. The van der Waals surface area contributed by atoms with Gasteiger partial charge in [0.15, 0.2) is 0 Å². The molecule has 3 nitrogen and oxygen atoms in total. The summed E-state index contributed by atoms with van der Waals surface area (Å²) in [4.78, 5) is 11.4. The molecular weight excluding hydrogens is 204 g/mol. The highest BCUT2D eigenvalue weighted by Crippen LogP contribution is 2.29. The predicted octanol–water partition coefficient (Wildman–Crippen LogP) is 2.57. The Morgan fingerprint density at radius 1 is 1.44 bits per heavy atom. The zero-order chi connectivity index (χ0) is 11.5. The van der Waals surface area contributed by atoms with Crippen LogP contribution in [0.1, 0.15) is 28.8 Å². The van der Waals surface area contributed by atoms with Gasteiger partial charge in [0.1, 0.15) is 5.75 Å². The second-order valence-corrected chi connectivity index (χ2v) is 4.22. The van der Waals surface area contributed by atoms with Crippen molar-refractivity contribution < 1.29 is 14.3 Å². The van der Waals surface area contributed by atoms with Gasteiger partial charge in [-0.05, 0) is 49.4 Å². The maximum Gasteiger partial charge on any atom is 0.338 e. The standard InChI is InChI=1S/C13H16O3/c1-9-7-11(16-8-10-3-4-10)5-6-12(9)13(14)15-2/h5-7,10H,3-4,8H2,1-2H3. The van der Waals surface area contributed by atoms with Crippen molar-refractivity contribution in [3.63, 3.8) is 0 Å². The van der Waals surface area contributed by atoms with Crippen molar-refractivity contribution in [3.05, 3.63) is 29.3 Å². The van der Waals surface area contributed by atoms with Crippen LogP contribution in [0.3, 0.4) is 0 Å². The van der Waals surface area contributed by atoms with Crippen molar-refractivity contribution in [2.24, 2.45) is 5.92 Å². The SMILES string of the molecule is COC(=O)c1ccc(OCC2CC2)cc1C.